The number of carbonyl (C=O) groups excluding carboxylic acids is 2. The summed E-state index contributed by atoms with van der Waals surface area (Å²) in [4.78, 5) is 94.3. The molecular formula is C34H40Cl2N12O18P2. The van der Waals surface area contributed by atoms with Gasteiger partial charge >= 0.3 is 27.1 Å². The molecule has 68 heavy (non-hydrogen) atoms. The summed E-state index contributed by atoms with van der Waals surface area (Å²) in [5.41, 5.74) is 0.967. The van der Waals surface area contributed by atoms with E-state index in [9.17, 15) is 58.7 Å². The van der Waals surface area contributed by atoms with Crippen molar-refractivity contribution in [3.63, 3.8) is 0 Å². The molecule has 0 radical (unpaired) electrons. The Labute approximate surface area is 390 Å². The first-order valence-electron chi connectivity index (χ1n) is 19.7. The Balaban J connectivity index is 0.000000201. The molecular weight excluding hydrogens is 997 g/mol. The normalized spacial score (nSPS) is 23.9. The van der Waals surface area contributed by atoms with Crippen molar-refractivity contribution in [3.05, 3.63) is 60.7 Å². The van der Waals surface area contributed by atoms with Crippen molar-refractivity contribution in [1.29, 1.82) is 0 Å². The van der Waals surface area contributed by atoms with Gasteiger partial charge in [-0.2, -0.15) is 19.9 Å². The lowest BCUT2D eigenvalue weighted by molar-refractivity contribution is -0.156. The maximum absolute atomic E-state index is 11.9. The van der Waals surface area contributed by atoms with E-state index >= 15 is 0 Å². The maximum Gasteiger partial charge on any atom is 0.365 e. The van der Waals surface area contributed by atoms with E-state index in [1.165, 1.54) is 60.7 Å². The second kappa shape index (κ2) is 20.9. The lowest BCUT2D eigenvalue weighted by Crippen LogP contribution is -2.36. The molecule has 0 spiro atoms. The zero-order valence-corrected chi connectivity index (χ0v) is 38.2. The van der Waals surface area contributed by atoms with Gasteiger partial charge in [0.05, 0.1) is 39.1 Å². The number of aliphatic hydroxyl groups is 4. The molecule has 34 heteroatoms. The maximum atomic E-state index is 11.9. The Kier molecular flexibility index (Phi) is 15.7. The largest absolute Gasteiger partial charge is 0.464 e. The highest BCUT2D eigenvalue weighted by atomic mass is 35.5. The molecule has 2 aliphatic heterocycles. The van der Waals surface area contributed by atoms with Crippen LogP contribution in [0.3, 0.4) is 0 Å². The summed E-state index contributed by atoms with van der Waals surface area (Å²) in [5, 5.41) is 41.8. The summed E-state index contributed by atoms with van der Waals surface area (Å²) in [6.45, 7) is 1.41. The molecule has 8 N–H and O–H groups in total. The predicted octanol–water partition coefficient (Wildman–Crippen LogP) is -1.26. The average Bonchev–Trinajstić information content (AvgIpc) is 4.15. The number of nitrogens with zero attached hydrogens (tertiary/aromatic N) is 12. The van der Waals surface area contributed by atoms with Crippen LogP contribution >= 0.6 is 38.4 Å². The fraction of sp³-hybridized carbons (Fsp3) is 0.471. The molecule has 30 nitrogen and oxygen atoms in total. The minimum atomic E-state index is -5.04. The van der Waals surface area contributed by atoms with Crippen LogP contribution in [-0.4, -0.2) is 185 Å². The predicted molar refractivity (Wildman–Crippen MR) is 224 cm³/mol. The molecule has 2 saturated heterocycles. The molecule has 0 aromatic carbocycles. The van der Waals surface area contributed by atoms with Crippen molar-refractivity contribution >= 4 is 72.7 Å². The molecule has 0 unspecified atom stereocenters. The Hall–Kier alpha value is -4.98. The summed E-state index contributed by atoms with van der Waals surface area (Å²) < 4.78 is 59.7. The average molecular weight is 1040 g/mol. The van der Waals surface area contributed by atoms with Gasteiger partial charge < -0.3 is 68.4 Å². The van der Waals surface area contributed by atoms with Gasteiger partial charge in [0.15, 0.2) is 46.4 Å². The standard InChI is InChI=1S/2C17H20ClN6O9P/c2*1-2-31-15(27)16(34(28,29)30)32-5-8-10(25)11(26)14(33-8)24-7-20-9-12(23-4-3-19-6-23)21-17(18)22-13(9)24/h2*3-4,6-8,10-11,14,16,25-26H,2,5H2,1H3,(H2,28,29,30)/t8-,10-,11-,14-,16+;8-,10-,11-,14-,16-/m11/s1. The minimum Gasteiger partial charge on any atom is -0.464 e. The van der Waals surface area contributed by atoms with E-state index in [0.717, 1.165) is 0 Å². The van der Waals surface area contributed by atoms with Crippen LogP contribution in [0.15, 0.2) is 50.1 Å². The zero-order valence-electron chi connectivity index (χ0n) is 34.9. The summed E-state index contributed by atoms with van der Waals surface area (Å²) in [5.74, 6) is -6.31. The molecule has 10 atom stereocenters. The zero-order chi connectivity index (χ0) is 49.2. The lowest BCUT2D eigenvalue weighted by Gasteiger charge is -2.20. The number of imidazole rings is 4. The van der Waals surface area contributed by atoms with Gasteiger partial charge in [-0.3, -0.25) is 27.4 Å². The van der Waals surface area contributed by atoms with Crippen LogP contribution in [0.25, 0.3) is 34.0 Å². The third-order valence-electron chi connectivity index (χ3n) is 9.90. The van der Waals surface area contributed by atoms with E-state index in [0.29, 0.717) is 22.7 Å². The fourth-order valence-corrected chi connectivity index (χ4v) is 8.43. The summed E-state index contributed by atoms with van der Waals surface area (Å²) >= 11 is 12.1. The second-order valence-corrected chi connectivity index (χ2v) is 18.3. The van der Waals surface area contributed by atoms with E-state index in [4.69, 9.17) is 42.1 Å². The van der Waals surface area contributed by atoms with Gasteiger partial charge in [-0.15, -0.1) is 0 Å². The molecule has 6 aromatic rings. The first-order chi connectivity index (χ1) is 32.2. The number of ether oxygens (including phenoxy) is 6. The lowest BCUT2D eigenvalue weighted by atomic mass is 10.1. The van der Waals surface area contributed by atoms with E-state index in [1.54, 1.807) is 21.5 Å². The highest BCUT2D eigenvalue weighted by Gasteiger charge is 2.48. The minimum absolute atomic E-state index is 0.121. The van der Waals surface area contributed by atoms with E-state index in [-0.39, 0.29) is 35.1 Å². The van der Waals surface area contributed by atoms with Crippen LogP contribution in [0.5, 0.6) is 0 Å². The van der Waals surface area contributed by atoms with E-state index in [2.05, 4.69) is 49.3 Å². The smallest absolute Gasteiger partial charge is 0.365 e. The SMILES string of the molecule is CCOC(=O)[C@@H](OC[C@H]1O[C@@H](n2cnc3c(-n4ccnc4)nc(Cl)nc32)[C@H](O)[C@@H]1O)P(=O)(O)O.CCOC(=O)[C@H](OC[C@H]1O[C@@H](n2cnc3c(-n4ccnc4)nc(Cl)nc32)[C@H](O)[C@@H]1O)P(=O)(O)O. The Bertz CT molecular complexity index is 2620. The molecule has 8 heterocycles. The van der Waals surface area contributed by atoms with Crippen molar-refractivity contribution in [1.82, 2.24) is 58.1 Å². The van der Waals surface area contributed by atoms with Crippen LogP contribution < -0.4 is 0 Å². The number of aromatic nitrogens is 12. The van der Waals surface area contributed by atoms with Crippen molar-refractivity contribution in [3.8, 4) is 11.6 Å². The highest BCUT2D eigenvalue weighted by molar-refractivity contribution is 7.53. The molecule has 0 bridgehead atoms. The number of rotatable bonds is 16. The van der Waals surface area contributed by atoms with Crippen LogP contribution in [0, 0.1) is 0 Å². The van der Waals surface area contributed by atoms with Crippen LogP contribution in [0.2, 0.25) is 10.6 Å². The molecule has 0 aliphatic carbocycles. The van der Waals surface area contributed by atoms with Gasteiger partial charge in [0.25, 0.3) is 11.7 Å². The molecule has 6 aromatic heterocycles. The first-order valence-corrected chi connectivity index (χ1v) is 23.8. The van der Waals surface area contributed by atoms with Gasteiger partial charge in [0.1, 0.15) is 49.3 Å². The Morgan fingerprint density at radius 2 is 1.03 bits per heavy atom. The van der Waals surface area contributed by atoms with Crippen molar-refractivity contribution in [2.45, 2.75) is 74.6 Å². The summed E-state index contributed by atoms with van der Waals surface area (Å²) in [7, 11) is -10.1. The number of halogens is 2. The fourth-order valence-electron chi connectivity index (χ4n) is 6.85. The third-order valence-corrected chi connectivity index (χ3v) is 12.2. The highest BCUT2D eigenvalue weighted by Crippen LogP contribution is 2.44. The van der Waals surface area contributed by atoms with Crippen LogP contribution in [-0.2, 0) is 47.1 Å². The molecule has 2 fully saturated rings. The molecule has 0 amide bonds. The molecule has 368 valence electrons. The van der Waals surface area contributed by atoms with Crippen molar-refractivity contribution < 1.29 is 87.1 Å². The van der Waals surface area contributed by atoms with Gasteiger partial charge in [-0.25, -0.2) is 29.5 Å². The summed E-state index contributed by atoms with van der Waals surface area (Å²) in [6, 6.07) is 0. The van der Waals surface area contributed by atoms with Gasteiger partial charge in [-0.1, -0.05) is 0 Å². The quantitative estimate of drug-likeness (QED) is 0.0318. The van der Waals surface area contributed by atoms with Crippen LogP contribution in [0.4, 0.5) is 0 Å². The molecule has 8 rings (SSSR count). The van der Waals surface area contributed by atoms with Gasteiger partial charge in [0, 0.05) is 24.8 Å². The first kappa shape index (κ1) is 50.9. The number of hydrogen-bond acceptors (Lipinski definition) is 22. The van der Waals surface area contributed by atoms with Gasteiger partial charge in [0.2, 0.25) is 10.6 Å². The van der Waals surface area contributed by atoms with E-state index < -0.39 is 101 Å². The third kappa shape index (κ3) is 10.7. The number of esters is 2. The molecule has 0 saturated carbocycles. The van der Waals surface area contributed by atoms with Crippen molar-refractivity contribution in [2.24, 2.45) is 0 Å². The Morgan fingerprint density at radius 3 is 1.35 bits per heavy atom. The number of carbonyl (C=O) groups is 2. The number of aliphatic hydroxyl groups excluding tert-OH is 4. The van der Waals surface area contributed by atoms with E-state index in [1.807, 2.05) is 0 Å². The molecule has 2 aliphatic rings. The number of fused-ring (bicyclic) bond motifs is 2. The Morgan fingerprint density at radius 1 is 0.647 bits per heavy atom. The van der Waals surface area contributed by atoms with Crippen LogP contribution in [0.1, 0.15) is 26.3 Å². The topological polar surface area (TPSA) is 408 Å². The second-order valence-electron chi connectivity index (χ2n) is 14.4. The summed E-state index contributed by atoms with van der Waals surface area (Å²) in [6.07, 6.45) is 0.845. The monoisotopic (exact) mass is 1040 g/mol. The number of hydrogen-bond donors (Lipinski definition) is 8. The van der Waals surface area contributed by atoms with Crippen molar-refractivity contribution in [2.75, 3.05) is 26.4 Å². The van der Waals surface area contributed by atoms with Gasteiger partial charge in [-0.05, 0) is 37.0 Å².